The van der Waals surface area contributed by atoms with Gasteiger partial charge in [-0.25, -0.2) is 4.98 Å². The molecule has 6 nitrogen and oxygen atoms in total. The van der Waals surface area contributed by atoms with Crippen LogP contribution < -0.4 is 5.32 Å². The van der Waals surface area contributed by atoms with E-state index in [2.05, 4.69) is 34.3 Å². The van der Waals surface area contributed by atoms with Crippen molar-refractivity contribution < 1.29 is 4.79 Å². The number of nitrogens with one attached hydrogen (secondary N) is 1. The summed E-state index contributed by atoms with van der Waals surface area (Å²) in [6.07, 6.45) is 3.44. The number of aryl methyl sites for hydroxylation is 1. The Bertz CT molecular complexity index is 563. The van der Waals surface area contributed by atoms with E-state index in [1.54, 1.807) is 28.7 Å². The van der Waals surface area contributed by atoms with E-state index >= 15 is 0 Å². The van der Waals surface area contributed by atoms with Crippen LogP contribution in [0.1, 0.15) is 19.7 Å². The van der Waals surface area contributed by atoms with Crippen molar-refractivity contribution in [1.29, 1.82) is 0 Å². The highest BCUT2D eigenvalue weighted by atomic mass is 32.2. The number of imidazole rings is 1. The molecule has 0 aliphatic carbocycles. The smallest absolute Gasteiger partial charge is 0.246 e. The number of rotatable bonds is 5. The summed E-state index contributed by atoms with van der Waals surface area (Å²) >= 11 is 3.02. The van der Waals surface area contributed by atoms with Crippen LogP contribution in [0.5, 0.6) is 0 Å². The molecule has 0 fully saturated rings. The summed E-state index contributed by atoms with van der Waals surface area (Å²) in [5, 5.41) is 11.7. The minimum Gasteiger partial charge on any atom is -0.326 e. The molecule has 0 spiro atoms. The van der Waals surface area contributed by atoms with Gasteiger partial charge in [0.1, 0.15) is 12.4 Å². The Morgan fingerprint density at radius 2 is 2.32 bits per heavy atom. The maximum atomic E-state index is 11.8. The number of anilines is 1. The first kappa shape index (κ1) is 14.0. The Kier molecular flexibility index (Phi) is 4.54. The fourth-order valence-electron chi connectivity index (χ4n) is 1.39. The molecule has 0 aliphatic rings. The number of nitrogens with zero attached hydrogens (tertiary/aromatic N) is 4. The summed E-state index contributed by atoms with van der Waals surface area (Å²) in [7, 11) is 0. The van der Waals surface area contributed by atoms with Gasteiger partial charge in [-0.1, -0.05) is 36.9 Å². The third kappa shape index (κ3) is 4.03. The van der Waals surface area contributed by atoms with E-state index in [4.69, 9.17) is 0 Å². The Morgan fingerprint density at radius 3 is 2.95 bits per heavy atom. The maximum Gasteiger partial charge on any atom is 0.246 e. The number of carbonyl (C=O) groups is 1. The highest BCUT2D eigenvalue weighted by molar-refractivity contribution is 8.01. The summed E-state index contributed by atoms with van der Waals surface area (Å²) < 4.78 is 2.64. The molecule has 2 aromatic heterocycles. The lowest BCUT2D eigenvalue weighted by Crippen LogP contribution is -2.18. The van der Waals surface area contributed by atoms with E-state index in [9.17, 15) is 4.79 Å². The van der Waals surface area contributed by atoms with E-state index in [1.165, 1.54) is 11.3 Å². The van der Waals surface area contributed by atoms with Gasteiger partial charge in [0.2, 0.25) is 11.0 Å². The van der Waals surface area contributed by atoms with Gasteiger partial charge < -0.3 is 4.57 Å². The largest absolute Gasteiger partial charge is 0.326 e. The third-order valence-corrected chi connectivity index (χ3v) is 4.15. The maximum absolute atomic E-state index is 11.8. The highest BCUT2D eigenvalue weighted by Gasteiger charge is 2.10. The van der Waals surface area contributed by atoms with Crippen molar-refractivity contribution in [2.75, 3.05) is 5.32 Å². The molecule has 0 saturated carbocycles. The molecule has 2 rings (SSSR count). The fraction of sp³-hybridized carbons (Fsp3) is 0.455. The molecule has 0 bridgehead atoms. The second-order valence-electron chi connectivity index (χ2n) is 4.19. The molecule has 2 aromatic rings. The van der Waals surface area contributed by atoms with Crippen LogP contribution in [0, 0.1) is 6.92 Å². The highest BCUT2D eigenvalue weighted by Crippen LogP contribution is 2.28. The minimum atomic E-state index is -0.127. The molecule has 102 valence electrons. The molecule has 0 atom stereocenters. The number of hydrogen-bond acceptors (Lipinski definition) is 6. The second kappa shape index (κ2) is 6.16. The average molecular weight is 297 g/mol. The SMILES string of the molecule is Cc1nccn1CC(=O)Nc1nnc(SC(C)C)s1. The number of thioether (sulfide) groups is 1. The normalized spacial score (nSPS) is 10.9. The van der Waals surface area contributed by atoms with Crippen LogP contribution in [-0.4, -0.2) is 30.9 Å². The van der Waals surface area contributed by atoms with Crippen LogP contribution in [0.15, 0.2) is 16.7 Å². The van der Waals surface area contributed by atoms with Crippen molar-refractivity contribution >= 4 is 34.1 Å². The zero-order valence-corrected chi connectivity index (χ0v) is 12.6. The van der Waals surface area contributed by atoms with Crippen LogP contribution in [-0.2, 0) is 11.3 Å². The monoisotopic (exact) mass is 297 g/mol. The van der Waals surface area contributed by atoms with Crippen LogP contribution in [0.3, 0.4) is 0 Å². The van der Waals surface area contributed by atoms with Gasteiger partial charge in [0.25, 0.3) is 0 Å². The van der Waals surface area contributed by atoms with Gasteiger partial charge in [0.05, 0.1) is 0 Å². The molecule has 19 heavy (non-hydrogen) atoms. The molecule has 0 unspecified atom stereocenters. The Labute approximate surface area is 119 Å². The molecular formula is C11H15N5OS2. The lowest BCUT2D eigenvalue weighted by Gasteiger charge is -2.03. The van der Waals surface area contributed by atoms with Crippen LogP contribution in [0.2, 0.25) is 0 Å². The van der Waals surface area contributed by atoms with Crippen LogP contribution in [0.25, 0.3) is 0 Å². The predicted molar refractivity (Wildman–Crippen MR) is 76.5 cm³/mol. The Hall–Kier alpha value is -1.41. The molecule has 0 radical (unpaired) electrons. The summed E-state index contributed by atoms with van der Waals surface area (Å²) in [5.74, 6) is 0.682. The lowest BCUT2D eigenvalue weighted by molar-refractivity contribution is -0.116. The standard InChI is InChI=1S/C11H15N5OS2/c1-7(2)18-11-15-14-10(19-11)13-9(17)6-16-5-4-12-8(16)3/h4-5,7H,6H2,1-3H3,(H,13,14,17). The van der Waals surface area contributed by atoms with Gasteiger partial charge in [-0.2, -0.15) is 0 Å². The topological polar surface area (TPSA) is 72.7 Å². The molecule has 0 saturated heterocycles. The predicted octanol–water partition coefficient (Wildman–Crippen LogP) is 2.18. The number of carbonyl (C=O) groups excluding carboxylic acids is 1. The minimum absolute atomic E-state index is 0.127. The van der Waals surface area contributed by atoms with Crippen molar-refractivity contribution in [3.8, 4) is 0 Å². The summed E-state index contributed by atoms with van der Waals surface area (Å²) in [6.45, 7) is 6.27. The average Bonchev–Trinajstić information content (AvgIpc) is 2.89. The van der Waals surface area contributed by atoms with E-state index in [0.717, 1.165) is 10.2 Å². The van der Waals surface area contributed by atoms with Gasteiger partial charge in [-0.15, -0.1) is 10.2 Å². The van der Waals surface area contributed by atoms with E-state index in [-0.39, 0.29) is 12.5 Å². The van der Waals surface area contributed by atoms with Crippen molar-refractivity contribution in [2.45, 2.75) is 36.9 Å². The van der Waals surface area contributed by atoms with Crippen molar-refractivity contribution in [1.82, 2.24) is 19.7 Å². The molecule has 2 heterocycles. The van der Waals surface area contributed by atoms with Crippen LogP contribution >= 0.6 is 23.1 Å². The zero-order chi connectivity index (χ0) is 13.8. The Morgan fingerprint density at radius 1 is 1.53 bits per heavy atom. The Balaban J connectivity index is 1.92. The van der Waals surface area contributed by atoms with Gasteiger partial charge in [-0.05, 0) is 6.92 Å². The van der Waals surface area contributed by atoms with Crippen molar-refractivity contribution in [2.24, 2.45) is 0 Å². The first-order valence-electron chi connectivity index (χ1n) is 5.82. The molecule has 1 amide bonds. The van der Waals surface area contributed by atoms with E-state index < -0.39 is 0 Å². The van der Waals surface area contributed by atoms with E-state index in [0.29, 0.717) is 10.4 Å². The van der Waals surface area contributed by atoms with Gasteiger partial charge in [-0.3, -0.25) is 10.1 Å². The third-order valence-electron chi connectivity index (χ3n) is 2.23. The van der Waals surface area contributed by atoms with E-state index in [1.807, 2.05) is 6.92 Å². The summed E-state index contributed by atoms with van der Waals surface area (Å²) in [5.41, 5.74) is 0. The second-order valence-corrected chi connectivity index (χ2v) is 6.99. The summed E-state index contributed by atoms with van der Waals surface area (Å²) in [6, 6.07) is 0. The number of amides is 1. The quantitative estimate of drug-likeness (QED) is 0.676. The molecule has 0 aliphatic heterocycles. The van der Waals surface area contributed by atoms with Crippen molar-refractivity contribution in [3.63, 3.8) is 0 Å². The molecular weight excluding hydrogens is 282 g/mol. The molecule has 8 heteroatoms. The first-order valence-corrected chi connectivity index (χ1v) is 7.52. The van der Waals surface area contributed by atoms with Gasteiger partial charge >= 0.3 is 0 Å². The fourth-order valence-corrected chi connectivity index (χ4v) is 3.39. The number of hydrogen-bond donors (Lipinski definition) is 1. The summed E-state index contributed by atoms with van der Waals surface area (Å²) in [4.78, 5) is 15.9. The zero-order valence-electron chi connectivity index (χ0n) is 11.0. The molecule has 0 aromatic carbocycles. The molecule has 1 N–H and O–H groups in total. The lowest BCUT2D eigenvalue weighted by atomic mass is 10.5. The van der Waals surface area contributed by atoms with Gasteiger partial charge in [0.15, 0.2) is 4.34 Å². The van der Waals surface area contributed by atoms with Crippen molar-refractivity contribution in [3.05, 3.63) is 18.2 Å². The van der Waals surface area contributed by atoms with Gasteiger partial charge in [0, 0.05) is 17.6 Å². The van der Waals surface area contributed by atoms with Crippen LogP contribution in [0.4, 0.5) is 5.13 Å². The number of aromatic nitrogens is 4. The first-order chi connectivity index (χ1) is 9.04.